The summed E-state index contributed by atoms with van der Waals surface area (Å²) >= 11 is 0. The van der Waals surface area contributed by atoms with Crippen molar-refractivity contribution in [3.8, 4) is 0 Å². The molecule has 1 saturated heterocycles. The Hall–Kier alpha value is -1.60. The molecule has 1 aliphatic heterocycles. The average molecular weight is 206 g/mol. The van der Waals surface area contributed by atoms with Crippen molar-refractivity contribution in [1.82, 2.24) is 0 Å². The number of rotatable bonds is 2. The van der Waals surface area contributed by atoms with Crippen molar-refractivity contribution < 1.29 is 18.4 Å². The van der Waals surface area contributed by atoms with Gasteiger partial charge >= 0.3 is 0 Å². The van der Waals surface area contributed by atoms with E-state index in [4.69, 9.17) is 18.4 Å². The second-order valence-corrected chi connectivity index (χ2v) is 3.12. The van der Waals surface area contributed by atoms with Crippen molar-refractivity contribution in [2.45, 2.75) is 5.60 Å². The molecule has 2 aromatic rings. The number of hydrogen-bond donors (Lipinski definition) is 0. The summed E-state index contributed by atoms with van der Waals surface area (Å²) in [4.78, 5) is 0. The van der Waals surface area contributed by atoms with Crippen molar-refractivity contribution >= 4 is 0 Å². The molecule has 0 radical (unpaired) electrons. The minimum absolute atomic E-state index is 0.144. The fraction of sp³-hybridized carbons (Fsp3) is 0.143. The molecule has 0 N–H and O–H groups in total. The fourth-order valence-electron chi connectivity index (χ4n) is 1.39. The van der Waals surface area contributed by atoms with E-state index < -0.39 is 66.0 Å². The van der Waals surface area contributed by atoms with E-state index in [0.717, 1.165) is 0 Å². The molecule has 0 spiro atoms. The van der Waals surface area contributed by atoms with Gasteiger partial charge in [-0.25, -0.2) is 0 Å². The molecule has 0 aliphatic carbocycles. The SMILES string of the molecule is [2H]c1c([2H])c([2H])c(C2(c3c([2H])c([2H])c([2H])c([2H])c3[2H])CO2)c([2H])c1[2H]. The molecular weight excluding hydrogens is 184 g/mol. The second kappa shape index (κ2) is 3.21. The highest BCUT2D eigenvalue weighted by Crippen LogP contribution is 2.44. The topological polar surface area (TPSA) is 12.5 Å². The molecule has 3 rings (SSSR count). The molecule has 0 unspecified atom stereocenters. The van der Waals surface area contributed by atoms with Gasteiger partial charge in [-0.1, -0.05) is 60.4 Å². The summed E-state index contributed by atoms with van der Waals surface area (Å²) in [6.07, 6.45) is 0. The van der Waals surface area contributed by atoms with Crippen LogP contribution in [0.15, 0.2) is 60.4 Å². The predicted molar refractivity (Wildman–Crippen MR) is 59.6 cm³/mol. The van der Waals surface area contributed by atoms with Gasteiger partial charge in [-0.15, -0.1) is 0 Å². The van der Waals surface area contributed by atoms with E-state index in [2.05, 4.69) is 0 Å². The Morgan fingerprint density at radius 2 is 1.27 bits per heavy atom. The number of ether oxygens (including phenoxy) is 1. The van der Waals surface area contributed by atoms with Crippen molar-refractivity contribution in [3.63, 3.8) is 0 Å². The van der Waals surface area contributed by atoms with Gasteiger partial charge in [0, 0.05) is 0 Å². The van der Waals surface area contributed by atoms with Gasteiger partial charge in [0.05, 0.1) is 20.3 Å². The molecule has 0 amide bonds. The van der Waals surface area contributed by atoms with Crippen molar-refractivity contribution in [1.29, 1.82) is 0 Å². The minimum Gasteiger partial charge on any atom is -0.359 e. The predicted octanol–water partition coefficient (Wildman–Crippen LogP) is 2.96. The number of epoxide rings is 1. The lowest BCUT2D eigenvalue weighted by atomic mass is 9.92. The van der Waals surface area contributed by atoms with Crippen LogP contribution in [-0.4, -0.2) is 6.61 Å². The maximum atomic E-state index is 8.07. The lowest BCUT2D eigenvalue weighted by molar-refractivity contribution is 0.349. The Balaban J connectivity index is 2.39. The summed E-state index contributed by atoms with van der Waals surface area (Å²) < 4.78 is 84.0. The van der Waals surface area contributed by atoms with Crippen LogP contribution in [0.2, 0.25) is 0 Å². The highest BCUT2D eigenvalue weighted by Gasteiger charge is 2.47. The van der Waals surface area contributed by atoms with Crippen LogP contribution in [0.1, 0.15) is 24.8 Å². The standard InChI is InChI=1S/C14H12O/c1-3-7-12(8-4-1)14(11-15-14)13-9-5-2-6-10-13/h1-10H,11H2/i1D,2D,3D,4D,5D,6D,7D,8D,9D,10D. The van der Waals surface area contributed by atoms with E-state index in [9.17, 15) is 0 Å². The summed E-state index contributed by atoms with van der Waals surface area (Å²) in [5, 5.41) is 0. The van der Waals surface area contributed by atoms with E-state index in [1.807, 2.05) is 0 Å². The van der Waals surface area contributed by atoms with Crippen molar-refractivity contribution in [2.24, 2.45) is 0 Å². The zero-order chi connectivity index (χ0) is 18.8. The Labute approximate surface area is 103 Å². The molecule has 0 atom stereocenters. The van der Waals surface area contributed by atoms with Gasteiger partial charge in [-0.05, 0) is 11.1 Å². The molecule has 74 valence electrons. The van der Waals surface area contributed by atoms with Crippen molar-refractivity contribution in [3.05, 3.63) is 71.6 Å². The van der Waals surface area contributed by atoms with Crippen LogP contribution in [-0.2, 0) is 10.3 Å². The van der Waals surface area contributed by atoms with E-state index in [0.29, 0.717) is 0 Å². The summed E-state index contributed by atoms with van der Waals surface area (Å²) in [6.45, 7) is -0.144. The molecule has 1 aliphatic rings. The molecular formula is C14H12O. The maximum Gasteiger partial charge on any atom is 0.142 e. The van der Waals surface area contributed by atoms with E-state index >= 15 is 0 Å². The quantitative estimate of drug-likeness (QED) is 0.688. The first-order valence-corrected chi connectivity index (χ1v) is 4.35. The largest absolute Gasteiger partial charge is 0.359 e. The first-order chi connectivity index (χ1) is 11.6. The molecule has 0 saturated carbocycles. The summed E-state index contributed by atoms with van der Waals surface area (Å²) in [5.41, 5.74) is -2.10. The molecule has 1 nitrogen and oxygen atoms in total. The molecule has 1 heteroatoms. The van der Waals surface area contributed by atoms with Gasteiger partial charge < -0.3 is 4.74 Å². The normalized spacial score (nSPS) is 26.7. The van der Waals surface area contributed by atoms with Gasteiger partial charge in [-0.3, -0.25) is 0 Å². The summed E-state index contributed by atoms with van der Waals surface area (Å²) in [5.74, 6) is 0. The minimum atomic E-state index is -1.65. The van der Waals surface area contributed by atoms with E-state index in [1.54, 1.807) is 0 Å². The van der Waals surface area contributed by atoms with Crippen molar-refractivity contribution in [2.75, 3.05) is 6.61 Å². The third-order valence-electron chi connectivity index (χ3n) is 2.24. The number of hydrogen-bond acceptors (Lipinski definition) is 1. The van der Waals surface area contributed by atoms with Crippen LogP contribution in [0.25, 0.3) is 0 Å². The fourth-order valence-corrected chi connectivity index (χ4v) is 1.39. The lowest BCUT2D eigenvalue weighted by Gasteiger charge is -2.12. The summed E-state index contributed by atoms with van der Waals surface area (Å²) in [7, 11) is 0. The molecule has 15 heavy (non-hydrogen) atoms. The van der Waals surface area contributed by atoms with Gasteiger partial charge in [-0.2, -0.15) is 0 Å². The molecule has 2 aromatic carbocycles. The Kier molecular flexibility index (Phi) is 0.684. The smallest absolute Gasteiger partial charge is 0.142 e. The van der Waals surface area contributed by atoms with Crippen LogP contribution < -0.4 is 0 Å². The van der Waals surface area contributed by atoms with Crippen LogP contribution in [0.3, 0.4) is 0 Å². The highest BCUT2D eigenvalue weighted by atomic mass is 16.6. The van der Waals surface area contributed by atoms with Crippen LogP contribution in [0.4, 0.5) is 0 Å². The van der Waals surface area contributed by atoms with Gasteiger partial charge in [0.2, 0.25) is 0 Å². The van der Waals surface area contributed by atoms with Gasteiger partial charge in [0.25, 0.3) is 0 Å². The van der Waals surface area contributed by atoms with Crippen LogP contribution in [0.5, 0.6) is 0 Å². The van der Waals surface area contributed by atoms with Gasteiger partial charge in [0.1, 0.15) is 5.60 Å². The lowest BCUT2D eigenvalue weighted by Crippen LogP contribution is -2.09. The Morgan fingerprint density at radius 1 is 0.867 bits per heavy atom. The second-order valence-electron chi connectivity index (χ2n) is 3.12. The average Bonchev–Trinajstić information content (AvgIpc) is 3.36. The summed E-state index contributed by atoms with van der Waals surface area (Å²) in [6, 6.07) is -5.50. The molecule has 0 aromatic heterocycles. The Morgan fingerprint density at radius 3 is 1.60 bits per heavy atom. The third kappa shape index (κ3) is 1.36. The maximum absolute atomic E-state index is 8.07. The molecule has 1 fully saturated rings. The Bertz CT molecular complexity index is 789. The van der Waals surface area contributed by atoms with Crippen LogP contribution >= 0.6 is 0 Å². The molecule has 1 heterocycles. The first-order valence-electron chi connectivity index (χ1n) is 9.35. The van der Waals surface area contributed by atoms with Crippen LogP contribution in [0, 0.1) is 0 Å². The zero-order valence-corrected chi connectivity index (χ0v) is 7.62. The first kappa shape index (κ1) is 3.19. The van der Waals surface area contributed by atoms with Gasteiger partial charge in [0.15, 0.2) is 0 Å². The molecule has 0 bridgehead atoms. The highest BCUT2D eigenvalue weighted by molar-refractivity contribution is 5.40. The van der Waals surface area contributed by atoms with E-state index in [-0.39, 0.29) is 17.7 Å². The third-order valence-corrected chi connectivity index (χ3v) is 2.24. The number of benzene rings is 2. The van der Waals surface area contributed by atoms with E-state index in [1.165, 1.54) is 0 Å². The monoisotopic (exact) mass is 206 g/mol. The zero-order valence-electron chi connectivity index (χ0n) is 17.6.